The topological polar surface area (TPSA) is 18.5 Å². The van der Waals surface area contributed by atoms with E-state index in [1.165, 1.54) is 7.11 Å². The number of benzene rings is 1. The van der Waals surface area contributed by atoms with Crippen molar-refractivity contribution in [2.24, 2.45) is 0 Å². The molecular formula is C14H19F3O2. The SMILES string of the molecule is CCC(C)Oc1ccccc1C(CC(F)(F)F)OC. The van der Waals surface area contributed by atoms with Gasteiger partial charge in [0.05, 0.1) is 18.6 Å². The summed E-state index contributed by atoms with van der Waals surface area (Å²) in [6.45, 7) is 3.83. The molecule has 0 aromatic heterocycles. The molecule has 0 amide bonds. The minimum Gasteiger partial charge on any atom is -0.490 e. The van der Waals surface area contributed by atoms with Gasteiger partial charge >= 0.3 is 6.18 Å². The van der Waals surface area contributed by atoms with Gasteiger partial charge in [-0.05, 0) is 19.4 Å². The number of ether oxygens (including phenoxy) is 2. The van der Waals surface area contributed by atoms with Crippen LogP contribution < -0.4 is 4.74 Å². The molecule has 0 aliphatic rings. The minimum absolute atomic E-state index is 0.0513. The third-order valence-electron chi connectivity index (χ3n) is 2.87. The normalized spacial score (nSPS) is 15.1. The van der Waals surface area contributed by atoms with E-state index in [1.54, 1.807) is 24.3 Å². The first-order valence-corrected chi connectivity index (χ1v) is 6.22. The molecule has 0 N–H and O–H groups in total. The Labute approximate surface area is 111 Å². The highest BCUT2D eigenvalue weighted by molar-refractivity contribution is 5.35. The van der Waals surface area contributed by atoms with E-state index in [1.807, 2.05) is 13.8 Å². The van der Waals surface area contributed by atoms with Crippen molar-refractivity contribution in [2.75, 3.05) is 7.11 Å². The van der Waals surface area contributed by atoms with Crippen LogP contribution in [0.5, 0.6) is 5.75 Å². The first kappa shape index (κ1) is 15.8. The van der Waals surface area contributed by atoms with Gasteiger partial charge in [0.25, 0.3) is 0 Å². The van der Waals surface area contributed by atoms with Crippen molar-refractivity contribution in [3.05, 3.63) is 29.8 Å². The highest BCUT2D eigenvalue weighted by Crippen LogP contribution is 2.36. The summed E-state index contributed by atoms with van der Waals surface area (Å²) in [6, 6.07) is 6.70. The van der Waals surface area contributed by atoms with E-state index in [9.17, 15) is 13.2 Å². The fraction of sp³-hybridized carbons (Fsp3) is 0.571. The molecule has 0 spiro atoms. The lowest BCUT2D eigenvalue weighted by Gasteiger charge is -2.22. The monoisotopic (exact) mass is 276 g/mol. The number of hydrogen-bond donors (Lipinski definition) is 0. The lowest BCUT2D eigenvalue weighted by Crippen LogP contribution is -2.17. The van der Waals surface area contributed by atoms with E-state index in [-0.39, 0.29) is 6.10 Å². The van der Waals surface area contributed by atoms with Gasteiger partial charge in [-0.15, -0.1) is 0 Å². The summed E-state index contributed by atoms with van der Waals surface area (Å²) >= 11 is 0. The smallest absolute Gasteiger partial charge is 0.391 e. The van der Waals surface area contributed by atoms with Gasteiger partial charge in [-0.1, -0.05) is 25.1 Å². The van der Waals surface area contributed by atoms with E-state index in [0.29, 0.717) is 11.3 Å². The third kappa shape index (κ3) is 5.11. The zero-order valence-electron chi connectivity index (χ0n) is 11.3. The molecule has 0 aliphatic heterocycles. The highest BCUT2D eigenvalue weighted by Gasteiger charge is 2.34. The molecule has 5 heteroatoms. The Kier molecular flexibility index (Phi) is 5.66. The number of alkyl halides is 3. The zero-order chi connectivity index (χ0) is 14.5. The summed E-state index contributed by atoms with van der Waals surface area (Å²) in [7, 11) is 1.27. The maximum Gasteiger partial charge on any atom is 0.391 e. The van der Waals surface area contributed by atoms with Gasteiger partial charge in [-0.25, -0.2) is 0 Å². The molecule has 1 aromatic rings. The number of rotatable bonds is 6. The summed E-state index contributed by atoms with van der Waals surface area (Å²) in [4.78, 5) is 0. The Morgan fingerprint density at radius 3 is 2.37 bits per heavy atom. The quantitative estimate of drug-likeness (QED) is 0.761. The van der Waals surface area contributed by atoms with E-state index in [2.05, 4.69) is 0 Å². The predicted octanol–water partition coefficient (Wildman–Crippen LogP) is 4.50. The molecule has 2 nitrogen and oxygen atoms in total. The molecule has 0 bridgehead atoms. The average Bonchev–Trinajstić information content (AvgIpc) is 2.35. The Morgan fingerprint density at radius 1 is 1.21 bits per heavy atom. The van der Waals surface area contributed by atoms with Crippen LogP contribution in [0.25, 0.3) is 0 Å². The second kappa shape index (κ2) is 6.80. The van der Waals surface area contributed by atoms with Crippen LogP contribution in [0, 0.1) is 0 Å². The average molecular weight is 276 g/mol. The number of halogens is 3. The predicted molar refractivity (Wildman–Crippen MR) is 67.2 cm³/mol. The second-order valence-electron chi connectivity index (χ2n) is 4.42. The fourth-order valence-corrected chi connectivity index (χ4v) is 1.68. The maximum absolute atomic E-state index is 12.5. The van der Waals surface area contributed by atoms with Crippen LogP contribution in [0.1, 0.15) is 38.4 Å². The highest BCUT2D eigenvalue weighted by atomic mass is 19.4. The lowest BCUT2D eigenvalue weighted by atomic mass is 10.0. The molecule has 0 saturated heterocycles. The first-order chi connectivity index (χ1) is 8.87. The van der Waals surface area contributed by atoms with E-state index in [0.717, 1.165) is 6.42 Å². The molecule has 0 aliphatic carbocycles. The van der Waals surface area contributed by atoms with Gasteiger partial charge in [0, 0.05) is 12.7 Å². The summed E-state index contributed by atoms with van der Waals surface area (Å²) in [5.41, 5.74) is 0.433. The molecule has 19 heavy (non-hydrogen) atoms. The maximum atomic E-state index is 12.5. The number of para-hydroxylation sites is 1. The van der Waals surface area contributed by atoms with Crippen molar-refractivity contribution in [1.29, 1.82) is 0 Å². The summed E-state index contributed by atoms with van der Waals surface area (Å²) < 4.78 is 48.2. The van der Waals surface area contributed by atoms with Crippen molar-refractivity contribution < 1.29 is 22.6 Å². The summed E-state index contributed by atoms with van der Waals surface area (Å²) in [5, 5.41) is 0. The number of methoxy groups -OCH3 is 1. The molecule has 1 rings (SSSR count). The molecule has 2 atom stereocenters. The van der Waals surface area contributed by atoms with Crippen molar-refractivity contribution >= 4 is 0 Å². The van der Waals surface area contributed by atoms with Gasteiger partial charge in [-0.2, -0.15) is 13.2 Å². The minimum atomic E-state index is -4.27. The Hall–Kier alpha value is -1.23. The standard InChI is InChI=1S/C14H19F3O2/c1-4-10(2)19-12-8-6-5-7-11(12)13(18-3)9-14(15,16)17/h5-8,10,13H,4,9H2,1-3H3. The summed E-state index contributed by atoms with van der Waals surface area (Å²) in [6.07, 6.45) is -5.61. The summed E-state index contributed by atoms with van der Waals surface area (Å²) in [5.74, 6) is 0.452. The van der Waals surface area contributed by atoms with Gasteiger partial charge < -0.3 is 9.47 Å². The van der Waals surface area contributed by atoms with Crippen molar-refractivity contribution in [3.8, 4) is 5.75 Å². The van der Waals surface area contributed by atoms with Crippen LogP contribution in [0.15, 0.2) is 24.3 Å². The molecule has 0 radical (unpaired) electrons. The molecule has 2 unspecified atom stereocenters. The van der Waals surface area contributed by atoms with Crippen molar-refractivity contribution in [3.63, 3.8) is 0 Å². The lowest BCUT2D eigenvalue weighted by molar-refractivity contribution is -0.158. The molecule has 0 fully saturated rings. The third-order valence-corrected chi connectivity index (χ3v) is 2.87. The van der Waals surface area contributed by atoms with Crippen LogP contribution in [0.2, 0.25) is 0 Å². The first-order valence-electron chi connectivity index (χ1n) is 6.22. The van der Waals surface area contributed by atoms with Crippen LogP contribution >= 0.6 is 0 Å². The molecule has 1 aromatic carbocycles. The van der Waals surface area contributed by atoms with Crippen LogP contribution in [-0.4, -0.2) is 19.4 Å². The van der Waals surface area contributed by atoms with Crippen LogP contribution in [0.4, 0.5) is 13.2 Å². The van der Waals surface area contributed by atoms with Crippen LogP contribution in [-0.2, 0) is 4.74 Å². The Bertz CT molecular complexity index is 391. The van der Waals surface area contributed by atoms with Crippen molar-refractivity contribution in [1.82, 2.24) is 0 Å². The molecular weight excluding hydrogens is 257 g/mol. The van der Waals surface area contributed by atoms with E-state index < -0.39 is 18.7 Å². The van der Waals surface area contributed by atoms with E-state index in [4.69, 9.17) is 9.47 Å². The zero-order valence-corrected chi connectivity index (χ0v) is 11.3. The van der Waals surface area contributed by atoms with Gasteiger partial charge in [0.2, 0.25) is 0 Å². The fourth-order valence-electron chi connectivity index (χ4n) is 1.68. The Morgan fingerprint density at radius 2 is 1.84 bits per heavy atom. The second-order valence-corrected chi connectivity index (χ2v) is 4.42. The van der Waals surface area contributed by atoms with Gasteiger partial charge in [-0.3, -0.25) is 0 Å². The largest absolute Gasteiger partial charge is 0.490 e. The Balaban J connectivity index is 2.96. The van der Waals surface area contributed by atoms with Crippen molar-refractivity contribution in [2.45, 2.75) is 45.1 Å². The number of hydrogen-bond acceptors (Lipinski definition) is 2. The molecule has 0 saturated carbocycles. The van der Waals surface area contributed by atoms with Gasteiger partial charge in [0.1, 0.15) is 5.75 Å². The van der Waals surface area contributed by atoms with Crippen LogP contribution in [0.3, 0.4) is 0 Å². The molecule has 0 heterocycles. The van der Waals surface area contributed by atoms with Gasteiger partial charge in [0.15, 0.2) is 0 Å². The van der Waals surface area contributed by atoms with E-state index >= 15 is 0 Å². The molecule has 108 valence electrons.